The Morgan fingerprint density at radius 3 is 2.74 bits per heavy atom. The van der Waals surface area contributed by atoms with Crippen LogP contribution in [-0.2, 0) is 0 Å². The average Bonchev–Trinajstić information content (AvgIpc) is 2.87. The molecular weight excluding hydrogens is 240 g/mol. The lowest BCUT2D eigenvalue weighted by molar-refractivity contribution is 0.0576. The second-order valence-electron chi connectivity index (χ2n) is 5.70. The van der Waals surface area contributed by atoms with Gasteiger partial charge in [-0.2, -0.15) is 5.10 Å². The van der Waals surface area contributed by atoms with Gasteiger partial charge in [0.05, 0.1) is 0 Å². The van der Waals surface area contributed by atoms with Gasteiger partial charge in [-0.3, -0.25) is 9.48 Å². The Morgan fingerprint density at radius 1 is 1.42 bits per heavy atom. The smallest absolute Gasteiger partial charge is 0.274 e. The van der Waals surface area contributed by atoms with Gasteiger partial charge in [-0.1, -0.05) is 0 Å². The van der Waals surface area contributed by atoms with Gasteiger partial charge in [0, 0.05) is 30.9 Å². The number of hydrogen-bond acceptors (Lipinski definition) is 3. The van der Waals surface area contributed by atoms with Crippen molar-refractivity contribution in [3.05, 3.63) is 18.0 Å². The summed E-state index contributed by atoms with van der Waals surface area (Å²) in [5, 5.41) is 4.36. The Balaban J connectivity index is 2.16. The van der Waals surface area contributed by atoms with Gasteiger partial charge in [0.15, 0.2) is 0 Å². The van der Waals surface area contributed by atoms with E-state index in [1.807, 2.05) is 36.5 Å². The number of piperidine rings is 1. The summed E-state index contributed by atoms with van der Waals surface area (Å²) in [6.45, 7) is 6.86. The van der Waals surface area contributed by atoms with Crippen LogP contribution in [0, 0.1) is 0 Å². The first kappa shape index (κ1) is 14.1. The molecule has 106 valence electrons. The largest absolute Gasteiger partial charge is 0.333 e. The van der Waals surface area contributed by atoms with Gasteiger partial charge in [-0.25, -0.2) is 0 Å². The van der Waals surface area contributed by atoms with E-state index in [9.17, 15) is 4.79 Å². The number of nitrogens with zero attached hydrogens (tertiary/aromatic N) is 3. The van der Waals surface area contributed by atoms with Crippen LogP contribution in [0.5, 0.6) is 0 Å². The van der Waals surface area contributed by atoms with Gasteiger partial charge in [-0.05, 0) is 46.1 Å². The highest BCUT2D eigenvalue weighted by Gasteiger charge is 2.30. The van der Waals surface area contributed by atoms with Gasteiger partial charge in [0.1, 0.15) is 5.69 Å². The molecule has 2 rings (SSSR count). The Bertz CT molecular complexity index is 438. The molecule has 0 aromatic carbocycles. The summed E-state index contributed by atoms with van der Waals surface area (Å²) < 4.78 is 1.82. The summed E-state index contributed by atoms with van der Waals surface area (Å²) >= 11 is 0. The number of amides is 1. The zero-order valence-corrected chi connectivity index (χ0v) is 12.0. The summed E-state index contributed by atoms with van der Waals surface area (Å²) in [6, 6.07) is 2.23. The molecule has 1 fully saturated rings. The van der Waals surface area contributed by atoms with Crippen molar-refractivity contribution >= 4 is 5.91 Å². The van der Waals surface area contributed by atoms with Crippen LogP contribution in [-0.4, -0.2) is 39.2 Å². The molecule has 2 N–H and O–H groups in total. The molecule has 0 bridgehead atoms. The molecule has 1 aromatic heterocycles. The van der Waals surface area contributed by atoms with E-state index in [-0.39, 0.29) is 24.0 Å². The zero-order chi connectivity index (χ0) is 14.0. The van der Waals surface area contributed by atoms with Crippen molar-refractivity contribution in [1.82, 2.24) is 14.7 Å². The topological polar surface area (TPSA) is 64.2 Å². The fraction of sp³-hybridized carbons (Fsp3) is 0.714. The average molecular weight is 264 g/mol. The van der Waals surface area contributed by atoms with Crippen molar-refractivity contribution in [2.75, 3.05) is 6.54 Å². The van der Waals surface area contributed by atoms with E-state index >= 15 is 0 Å². The summed E-state index contributed by atoms with van der Waals surface area (Å²) in [5.74, 6) is 0.0152. The monoisotopic (exact) mass is 264 g/mol. The maximum atomic E-state index is 12.5. The zero-order valence-electron chi connectivity index (χ0n) is 12.0. The standard InChI is InChI=1S/C14H24N4O/c1-10(2)18-9-7-12(16-18)14(19)17-8-5-4-6-13(17)11(3)15/h7,9-11,13H,4-6,8,15H2,1-3H3. The number of rotatable bonds is 3. The fourth-order valence-corrected chi connectivity index (χ4v) is 2.64. The van der Waals surface area contributed by atoms with Gasteiger partial charge in [-0.15, -0.1) is 0 Å². The first-order chi connectivity index (χ1) is 9.00. The first-order valence-corrected chi connectivity index (χ1v) is 7.12. The first-order valence-electron chi connectivity index (χ1n) is 7.12. The van der Waals surface area contributed by atoms with Gasteiger partial charge < -0.3 is 10.6 Å². The predicted molar refractivity (Wildman–Crippen MR) is 74.9 cm³/mol. The van der Waals surface area contributed by atoms with Crippen LogP contribution in [0.2, 0.25) is 0 Å². The minimum atomic E-state index is 0.0106. The fourth-order valence-electron chi connectivity index (χ4n) is 2.64. The summed E-state index contributed by atoms with van der Waals surface area (Å²) in [5.41, 5.74) is 6.54. The third kappa shape index (κ3) is 2.97. The number of nitrogens with two attached hydrogens (primary N) is 1. The summed E-state index contributed by atoms with van der Waals surface area (Å²) in [6.07, 6.45) is 5.06. The van der Waals surface area contributed by atoms with E-state index in [0.717, 1.165) is 25.8 Å². The van der Waals surface area contributed by atoms with Crippen LogP contribution >= 0.6 is 0 Å². The number of aromatic nitrogens is 2. The van der Waals surface area contributed by atoms with E-state index in [1.54, 1.807) is 6.07 Å². The highest BCUT2D eigenvalue weighted by Crippen LogP contribution is 2.21. The van der Waals surface area contributed by atoms with Gasteiger partial charge in [0.2, 0.25) is 0 Å². The van der Waals surface area contributed by atoms with Crippen molar-refractivity contribution in [2.24, 2.45) is 5.73 Å². The van der Waals surface area contributed by atoms with Crippen LogP contribution in [0.1, 0.15) is 56.6 Å². The molecule has 5 heteroatoms. The second kappa shape index (κ2) is 5.74. The SMILES string of the molecule is CC(N)C1CCCCN1C(=O)c1ccn(C(C)C)n1. The van der Waals surface area contributed by atoms with Gasteiger partial charge in [0.25, 0.3) is 5.91 Å². The van der Waals surface area contributed by atoms with E-state index in [1.165, 1.54) is 0 Å². The number of carbonyl (C=O) groups excluding carboxylic acids is 1. The van der Waals surface area contributed by atoms with Crippen molar-refractivity contribution in [3.63, 3.8) is 0 Å². The van der Waals surface area contributed by atoms with Crippen molar-refractivity contribution < 1.29 is 4.79 Å². The third-order valence-corrected chi connectivity index (χ3v) is 3.77. The van der Waals surface area contributed by atoms with E-state index in [4.69, 9.17) is 5.73 Å². The Morgan fingerprint density at radius 2 is 2.16 bits per heavy atom. The van der Waals surface area contributed by atoms with Crippen molar-refractivity contribution in [3.8, 4) is 0 Å². The van der Waals surface area contributed by atoms with Crippen molar-refractivity contribution in [1.29, 1.82) is 0 Å². The minimum Gasteiger partial charge on any atom is -0.333 e. The highest BCUT2D eigenvalue weighted by molar-refractivity contribution is 5.92. The molecule has 2 unspecified atom stereocenters. The molecule has 0 radical (unpaired) electrons. The van der Waals surface area contributed by atoms with Crippen LogP contribution in [0.3, 0.4) is 0 Å². The number of likely N-dealkylation sites (tertiary alicyclic amines) is 1. The molecular formula is C14H24N4O. The molecule has 1 aliphatic rings. The Hall–Kier alpha value is -1.36. The maximum absolute atomic E-state index is 12.5. The Kier molecular flexibility index (Phi) is 4.24. The molecule has 1 aromatic rings. The quantitative estimate of drug-likeness (QED) is 0.905. The number of carbonyl (C=O) groups is 1. The van der Waals surface area contributed by atoms with E-state index < -0.39 is 0 Å². The minimum absolute atomic E-state index is 0.0106. The Labute approximate surface area is 114 Å². The van der Waals surface area contributed by atoms with Crippen LogP contribution < -0.4 is 5.73 Å². The summed E-state index contributed by atoms with van der Waals surface area (Å²) in [4.78, 5) is 14.4. The van der Waals surface area contributed by atoms with Crippen LogP contribution in [0.25, 0.3) is 0 Å². The molecule has 0 aliphatic carbocycles. The third-order valence-electron chi connectivity index (χ3n) is 3.77. The molecule has 2 atom stereocenters. The molecule has 0 saturated carbocycles. The van der Waals surface area contributed by atoms with E-state index in [0.29, 0.717) is 5.69 Å². The maximum Gasteiger partial charge on any atom is 0.274 e. The van der Waals surface area contributed by atoms with E-state index in [2.05, 4.69) is 5.10 Å². The molecule has 19 heavy (non-hydrogen) atoms. The molecule has 0 spiro atoms. The van der Waals surface area contributed by atoms with Crippen molar-refractivity contribution in [2.45, 2.75) is 58.2 Å². The lowest BCUT2D eigenvalue weighted by Gasteiger charge is -2.37. The molecule has 1 amide bonds. The molecule has 1 saturated heterocycles. The number of hydrogen-bond donors (Lipinski definition) is 1. The molecule has 5 nitrogen and oxygen atoms in total. The van der Waals surface area contributed by atoms with Crippen LogP contribution in [0.4, 0.5) is 0 Å². The molecule has 2 heterocycles. The summed E-state index contributed by atoms with van der Waals surface area (Å²) in [7, 11) is 0. The lowest BCUT2D eigenvalue weighted by Crippen LogP contribution is -2.51. The van der Waals surface area contributed by atoms with Gasteiger partial charge >= 0.3 is 0 Å². The lowest BCUT2D eigenvalue weighted by atomic mass is 9.96. The predicted octanol–water partition coefficient (Wildman–Crippen LogP) is 1.81. The van der Waals surface area contributed by atoms with Crippen LogP contribution in [0.15, 0.2) is 12.3 Å². The highest BCUT2D eigenvalue weighted by atomic mass is 16.2. The normalized spacial score (nSPS) is 21.7. The molecule has 1 aliphatic heterocycles. The second-order valence-corrected chi connectivity index (χ2v) is 5.70.